The molecule has 0 aromatic heterocycles. The van der Waals surface area contributed by atoms with Crippen molar-refractivity contribution < 1.29 is 13.2 Å². The van der Waals surface area contributed by atoms with E-state index < -0.39 is 12.1 Å². The average Bonchev–Trinajstić information content (AvgIpc) is 2.11. The van der Waals surface area contributed by atoms with Crippen molar-refractivity contribution in [2.75, 3.05) is 0 Å². The number of halogens is 3. The summed E-state index contributed by atoms with van der Waals surface area (Å²) in [5, 5.41) is 0. The fraction of sp³-hybridized carbons (Fsp3) is 1.00. The van der Waals surface area contributed by atoms with Gasteiger partial charge < -0.3 is 0 Å². The van der Waals surface area contributed by atoms with Crippen molar-refractivity contribution in [1.29, 1.82) is 0 Å². The van der Waals surface area contributed by atoms with Crippen molar-refractivity contribution in [1.82, 2.24) is 0 Å². The first-order valence-electron chi connectivity index (χ1n) is 4.58. The minimum atomic E-state index is -3.97. The molecule has 0 N–H and O–H groups in total. The lowest BCUT2D eigenvalue weighted by atomic mass is 9.89. The van der Waals surface area contributed by atoms with Gasteiger partial charge in [0, 0.05) is 0 Å². The molecule has 3 heteroatoms. The first-order chi connectivity index (χ1) is 5.52. The van der Waals surface area contributed by atoms with Gasteiger partial charge in [-0.2, -0.15) is 13.2 Å². The summed E-state index contributed by atoms with van der Waals surface area (Å²) in [5.41, 5.74) is 0. The van der Waals surface area contributed by atoms with Crippen LogP contribution in [0.5, 0.6) is 0 Å². The van der Waals surface area contributed by atoms with E-state index >= 15 is 0 Å². The molecular weight excluding hydrogens is 165 g/mol. The SMILES string of the molecule is CC1CCCCCC1C(F)(F)F. The van der Waals surface area contributed by atoms with Crippen molar-refractivity contribution in [3.63, 3.8) is 0 Å². The maximum absolute atomic E-state index is 12.4. The van der Waals surface area contributed by atoms with Crippen LogP contribution in [0.25, 0.3) is 0 Å². The van der Waals surface area contributed by atoms with E-state index in [-0.39, 0.29) is 5.92 Å². The molecule has 1 fully saturated rings. The third-order valence-corrected chi connectivity index (χ3v) is 2.78. The van der Waals surface area contributed by atoms with Crippen LogP contribution in [0.2, 0.25) is 0 Å². The van der Waals surface area contributed by atoms with Crippen molar-refractivity contribution in [3.8, 4) is 0 Å². The van der Waals surface area contributed by atoms with E-state index in [1.807, 2.05) is 0 Å². The van der Waals surface area contributed by atoms with Gasteiger partial charge in [0.2, 0.25) is 0 Å². The number of rotatable bonds is 0. The Morgan fingerprint density at radius 1 is 1.00 bits per heavy atom. The molecule has 72 valence electrons. The predicted octanol–water partition coefficient (Wildman–Crippen LogP) is 3.77. The van der Waals surface area contributed by atoms with E-state index in [4.69, 9.17) is 0 Å². The number of hydrogen-bond acceptors (Lipinski definition) is 0. The highest BCUT2D eigenvalue weighted by molar-refractivity contribution is 4.76. The Balaban J connectivity index is 2.59. The van der Waals surface area contributed by atoms with Crippen LogP contribution in [0, 0.1) is 11.8 Å². The topological polar surface area (TPSA) is 0 Å². The van der Waals surface area contributed by atoms with Crippen LogP contribution >= 0.6 is 0 Å². The Hall–Kier alpha value is -0.210. The Kier molecular flexibility index (Phi) is 3.02. The van der Waals surface area contributed by atoms with Crippen molar-refractivity contribution in [2.24, 2.45) is 11.8 Å². The molecule has 0 nitrogen and oxygen atoms in total. The Labute approximate surface area is 71.1 Å². The second kappa shape index (κ2) is 3.67. The molecule has 2 unspecified atom stereocenters. The van der Waals surface area contributed by atoms with Gasteiger partial charge >= 0.3 is 6.18 Å². The normalized spacial score (nSPS) is 33.0. The highest BCUT2D eigenvalue weighted by atomic mass is 19.4. The van der Waals surface area contributed by atoms with Gasteiger partial charge in [0.15, 0.2) is 0 Å². The molecule has 12 heavy (non-hydrogen) atoms. The van der Waals surface area contributed by atoms with Crippen molar-refractivity contribution >= 4 is 0 Å². The Morgan fingerprint density at radius 3 is 2.17 bits per heavy atom. The van der Waals surface area contributed by atoms with Crippen LogP contribution in [-0.2, 0) is 0 Å². The highest BCUT2D eigenvalue weighted by Gasteiger charge is 2.42. The molecule has 0 bridgehead atoms. The molecule has 0 heterocycles. The molecule has 1 aliphatic carbocycles. The zero-order valence-corrected chi connectivity index (χ0v) is 7.32. The van der Waals surface area contributed by atoms with Gasteiger partial charge in [0.05, 0.1) is 5.92 Å². The van der Waals surface area contributed by atoms with Gasteiger partial charge in [-0.15, -0.1) is 0 Å². The van der Waals surface area contributed by atoms with Gasteiger partial charge in [0.25, 0.3) is 0 Å². The molecule has 0 aromatic rings. The van der Waals surface area contributed by atoms with E-state index in [0.717, 1.165) is 25.7 Å². The fourth-order valence-corrected chi connectivity index (χ4v) is 1.98. The number of alkyl halides is 3. The molecular formula is C9H15F3. The zero-order valence-electron chi connectivity index (χ0n) is 7.32. The minimum Gasteiger partial charge on any atom is -0.171 e. The summed E-state index contributed by atoms with van der Waals surface area (Å²) in [6.07, 6.45) is -0.211. The summed E-state index contributed by atoms with van der Waals surface area (Å²) in [6.45, 7) is 1.73. The molecule has 1 rings (SSSR count). The van der Waals surface area contributed by atoms with E-state index in [1.54, 1.807) is 6.92 Å². The summed E-state index contributed by atoms with van der Waals surface area (Å²) in [7, 11) is 0. The Morgan fingerprint density at radius 2 is 1.58 bits per heavy atom. The van der Waals surface area contributed by atoms with Gasteiger partial charge in [-0.05, 0) is 12.3 Å². The lowest BCUT2D eigenvalue weighted by Crippen LogP contribution is -2.27. The number of hydrogen-bond donors (Lipinski definition) is 0. The van der Waals surface area contributed by atoms with E-state index in [2.05, 4.69) is 0 Å². The quantitative estimate of drug-likeness (QED) is 0.498. The van der Waals surface area contributed by atoms with Crippen LogP contribution in [0.3, 0.4) is 0 Å². The van der Waals surface area contributed by atoms with Gasteiger partial charge in [-0.25, -0.2) is 0 Å². The van der Waals surface area contributed by atoms with Gasteiger partial charge in [0.1, 0.15) is 0 Å². The standard InChI is InChI=1S/C9H15F3/c1-7-5-3-2-4-6-8(7)9(10,11)12/h7-8H,2-6H2,1H3. The molecule has 0 aliphatic heterocycles. The van der Waals surface area contributed by atoms with Crippen LogP contribution in [-0.4, -0.2) is 6.18 Å². The molecule has 0 spiro atoms. The lowest BCUT2D eigenvalue weighted by molar-refractivity contribution is -0.188. The van der Waals surface area contributed by atoms with Crippen molar-refractivity contribution in [3.05, 3.63) is 0 Å². The molecule has 0 saturated heterocycles. The molecule has 0 radical (unpaired) electrons. The first-order valence-corrected chi connectivity index (χ1v) is 4.58. The summed E-state index contributed by atoms with van der Waals surface area (Å²) >= 11 is 0. The smallest absolute Gasteiger partial charge is 0.171 e. The maximum Gasteiger partial charge on any atom is 0.392 e. The Bertz CT molecular complexity index is 139. The van der Waals surface area contributed by atoms with Crippen molar-refractivity contribution in [2.45, 2.75) is 45.2 Å². The third-order valence-electron chi connectivity index (χ3n) is 2.78. The van der Waals surface area contributed by atoms with Gasteiger partial charge in [-0.3, -0.25) is 0 Å². The highest BCUT2D eigenvalue weighted by Crippen LogP contribution is 2.39. The molecule has 1 saturated carbocycles. The van der Waals surface area contributed by atoms with Gasteiger partial charge in [-0.1, -0.05) is 32.6 Å². The zero-order chi connectivity index (χ0) is 9.19. The third kappa shape index (κ3) is 2.39. The average molecular weight is 180 g/mol. The summed E-state index contributed by atoms with van der Waals surface area (Å²) in [6, 6.07) is 0. The molecule has 1 aliphatic rings. The monoisotopic (exact) mass is 180 g/mol. The largest absolute Gasteiger partial charge is 0.392 e. The molecule has 2 atom stereocenters. The second-order valence-electron chi connectivity index (χ2n) is 3.76. The minimum absolute atomic E-state index is 0.174. The summed E-state index contributed by atoms with van der Waals surface area (Å²) in [4.78, 5) is 0. The maximum atomic E-state index is 12.4. The predicted molar refractivity (Wildman–Crippen MR) is 41.8 cm³/mol. The summed E-state index contributed by atoms with van der Waals surface area (Å²) in [5.74, 6) is -1.22. The molecule has 0 amide bonds. The van der Waals surface area contributed by atoms with E-state index in [0.29, 0.717) is 6.42 Å². The summed E-state index contributed by atoms with van der Waals surface area (Å²) < 4.78 is 37.1. The van der Waals surface area contributed by atoms with E-state index in [9.17, 15) is 13.2 Å². The second-order valence-corrected chi connectivity index (χ2v) is 3.76. The van der Waals surface area contributed by atoms with E-state index in [1.165, 1.54) is 0 Å². The fourth-order valence-electron chi connectivity index (χ4n) is 1.98. The van der Waals surface area contributed by atoms with Crippen LogP contribution in [0.1, 0.15) is 39.0 Å². The lowest BCUT2D eigenvalue weighted by Gasteiger charge is -2.23. The molecule has 0 aromatic carbocycles. The van der Waals surface area contributed by atoms with Crippen LogP contribution in [0.15, 0.2) is 0 Å². The van der Waals surface area contributed by atoms with Crippen LogP contribution < -0.4 is 0 Å². The van der Waals surface area contributed by atoms with Crippen LogP contribution in [0.4, 0.5) is 13.2 Å². The first kappa shape index (κ1) is 9.87.